The minimum absolute atomic E-state index is 0.111. The maximum atomic E-state index is 5.65. The number of nitrogens with one attached hydrogen (secondary N) is 1. The Hall–Kier alpha value is -0.910. The molecule has 1 aromatic heterocycles. The first kappa shape index (κ1) is 13.2. The number of hydrogen-bond donors (Lipinski definition) is 2. The molecular formula is C11H22N4O. The van der Waals surface area contributed by atoms with Crippen molar-refractivity contribution in [3.05, 3.63) is 18.0 Å². The lowest BCUT2D eigenvalue weighted by atomic mass is 10.0. The Bertz CT molecular complexity index is 300. The zero-order valence-electron chi connectivity index (χ0n) is 10.3. The van der Waals surface area contributed by atoms with Crippen LogP contribution in [0.5, 0.6) is 0 Å². The molecule has 1 aromatic rings. The summed E-state index contributed by atoms with van der Waals surface area (Å²) in [6, 6.07) is 2.11. The average Bonchev–Trinajstić information content (AvgIpc) is 2.69. The van der Waals surface area contributed by atoms with Crippen molar-refractivity contribution < 1.29 is 4.74 Å². The SMILES string of the molecule is CCOC(CC)C(Cc1ccn(C)n1)NN. The van der Waals surface area contributed by atoms with Gasteiger partial charge >= 0.3 is 0 Å². The Kier molecular flexibility index (Phi) is 5.45. The van der Waals surface area contributed by atoms with E-state index in [1.807, 2.05) is 26.2 Å². The quantitative estimate of drug-likeness (QED) is 0.528. The second-order valence-electron chi connectivity index (χ2n) is 3.86. The van der Waals surface area contributed by atoms with Gasteiger partial charge in [-0.1, -0.05) is 6.92 Å². The monoisotopic (exact) mass is 226 g/mol. The third-order valence-corrected chi connectivity index (χ3v) is 2.64. The van der Waals surface area contributed by atoms with Gasteiger partial charge in [-0.3, -0.25) is 16.0 Å². The Balaban J connectivity index is 2.59. The Morgan fingerprint density at radius 1 is 1.56 bits per heavy atom. The zero-order chi connectivity index (χ0) is 12.0. The van der Waals surface area contributed by atoms with Crippen LogP contribution < -0.4 is 11.3 Å². The van der Waals surface area contributed by atoms with Crippen LogP contribution in [0.2, 0.25) is 0 Å². The number of aryl methyl sites for hydroxylation is 1. The molecule has 16 heavy (non-hydrogen) atoms. The van der Waals surface area contributed by atoms with Crippen molar-refractivity contribution in [1.29, 1.82) is 0 Å². The second kappa shape index (κ2) is 6.62. The third kappa shape index (κ3) is 3.59. The van der Waals surface area contributed by atoms with Gasteiger partial charge in [0.1, 0.15) is 0 Å². The molecule has 0 saturated heterocycles. The number of ether oxygens (including phenoxy) is 1. The fraction of sp³-hybridized carbons (Fsp3) is 0.727. The highest BCUT2D eigenvalue weighted by molar-refractivity contribution is 5.02. The largest absolute Gasteiger partial charge is 0.377 e. The van der Waals surface area contributed by atoms with Crippen molar-refractivity contribution in [2.45, 2.75) is 38.8 Å². The molecule has 0 saturated carbocycles. The van der Waals surface area contributed by atoms with Gasteiger partial charge in [0.25, 0.3) is 0 Å². The van der Waals surface area contributed by atoms with Crippen molar-refractivity contribution >= 4 is 0 Å². The summed E-state index contributed by atoms with van der Waals surface area (Å²) in [5.41, 5.74) is 3.85. The molecule has 0 spiro atoms. The van der Waals surface area contributed by atoms with Gasteiger partial charge in [-0.25, -0.2) is 0 Å². The number of hydrogen-bond acceptors (Lipinski definition) is 4. The van der Waals surface area contributed by atoms with Crippen LogP contribution in [-0.4, -0.2) is 28.5 Å². The molecule has 92 valence electrons. The molecule has 5 nitrogen and oxygen atoms in total. The van der Waals surface area contributed by atoms with E-state index in [-0.39, 0.29) is 12.1 Å². The summed E-state index contributed by atoms with van der Waals surface area (Å²) in [6.45, 7) is 4.80. The summed E-state index contributed by atoms with van der Waals surface area (Å²) in [5.74, 6) is 5.57. The summed E-state index contributed by atoms with van der Waals surface area (Å²) in [5, 5.41) is 4.34. The Labute approximate surface area is 96.9 Å². The molecule has 0 bridgehead atoms. The van der Waals surface area contributed by atoms with Crippen molar-refractivity contribution in [2.75, 3.05) is 6.61 Å². The van der Waals surface area contributed by atoms with E-state index < -0.39 is 0 Å². The Morgan fingerprint density at radius 2 is 2.31 bits per heavy atom. The van der Waals surface area contributed by atoms with Gasteiger partial charge in [-0.2, -0.15) is 5.10 Å². The van der Waals surface area contributed by atoms with E-state index in [9.17, 15) is 0 Å². The molecule has 0 aromatic carbocycles. The molecule has 2 unspecified atom stereocenters. The highest BCUT2D eigenvalue weighted by Gasteiger charge is 2.20. The molecular weight excluding hydrogens is 204 g/mol. The highest BCUT2D eigenvalue weighted by atomic mass is 16.5. The van der Waals surface area contributed by atoms with Gasteiger partial charge in [-0.15, -0.1) is 0 Å². The van der Waals surface area contributed by atoms with E-state index in [1.54, 1.807) is 4.68 Å². The molecule has 0 aliphatic carbocycles. The fourth-order valence-corrected chi connectivity index (χ4v) is 1.83. The van der Waals surface area contributed by atoms with Crippen LogP contribution in [0.4, 0.5) is 0 Å². The maximum Gasteiger partial charge on any atom is 0.0742 e. The molecule has 1 heterocycles. The topological polar surface area (TPSA) is 65.1 Å². The van der Waals surface area contributed by atoms with Crippen molar-refractivity contribution in [1.82, 2.24) is 15.2 Å². The molecule has 2 atom stereocenters. The van der Waals surface area contributed by atoms with Crippen LogP contribution in [0.15, 0.2) is 12.3 Å². The van der Waals surface area contributed by atoms with Crippen LogP contribution in [0.1, 0.15) is 26.0 Å². The zero-order valence-corrected chi connectivity index (χ0v) is 10.3. The summed E-state index contributed by atoms with van der Waals surface area (Å²) >= 11 is 0. The van der Waals surface area contributed by atoms with E-state index in [2.05, 4.69) is 17.4 Å². The van der Waals surface area contributed by atoms with Crippen LogP contribution in [0.3, 0.4) is 0 Å². The molecule has 0 amide bonds. The van der Waals surface area contributed by atoms with Gasteiger partial charge in [0, 0.05) is 26.3 Å². The average molecular weight is 226 g/mol. The highest BCUT2D eigenvalue weighted by Crippen LogP contribution is 2.09. The van der Waals surface area contributed by atoms with Gasteiger partial charge in [-0.05, 0) is 19.4 Å². The van der Waals surface area contributed by atoms with Gasteiger partial charge < -0.3 is 4.74 Å². The lowest BCUT2D eigenvalue weighted by molar-refractivity contribution is 0.0317. The summed E-state index contributed by atoms with van der Waals surface area (Å²) in [7, 11) is 1.91. The van der Waals surface area contributed by atoms with Crippen LogP contribution in [0, 0.1) is 0 Å². The Morgan fingerprint density at radius 3 is 2.75 bits per heavy atom. The van der Waals surface area contributed by atoms with E-state index in [0.717, 1.165) is 18.5 Å². The van der Waals surface area contributed by atoms with E-state index in [4.69, 9.17) is 10.6 Å². The number of hydrazine groups is 1. The molecule has 0 aliphatic heterocycles. The fourth-order valence-electron chi connectivity index (χ4n) is 1.83. The van der Waals surface area contributed by atoms with E-state index in [1.165, 1.54) is 0 Å². The molecule has 0 radical (unpaired) electrons. The molecule has 3 N–H and O–H groups in total. The van der Waals surface area contributed by atoms with Gasteiger partial charge in [0.2, 0.25) is 0 Å². The minimum atomic E-state index is 0.111. The van der Waals surface area contributed by atoms with Crippen LogP contribution >= 0.6 is 0 Å². The minimum Gasteiger partial charge on any atom is -0.377 e. The van der Waals surface area contributed by atoms with Crippen LogP contribution in [-0.2, 0) is 18.2 Å². The first-order valence-corrected chi connectivity index (χ1v) is 5.77. The van der Waals surface area contributed by atoms with Gasteiger partial charge in [0.05, 0.1) is 17.8 Å². The lowest BCUT2D eigenvalue weighted by Gasteiger charge is -2.24. The first-order valence-electron chi connectivity index (χ1n) is 5.77. The third-order valence-electron chi connectivity index (χ3n) is 2.64. The summed E-state index contributed by atoms with van der Waals surface area (Å²) in [4.78, 5) is 0. The lowest BCUT2D eigenvalue weighted by Crippen LogP contribution is -2.46. The summed E-state index contributed by atoms with van der Waals surface area (Å²) < 4.78 is 7.44. The number of nitrogens with two attached hydrogens (primary N) is 1. The molecule has 1 rings (SSSR count). The first-order chi connectivity index (χ1) is 7.71. The molecule has 5 heteroatoms. The van der Waals surface area contributed by atoms with Crippen molar-refractivity contribution in [2.24, 2.45) is 12.9 Å². The molecule has 0 aliphatic rings. The summed E-state index contributed by atoms with van der Waals surface area (Å²) in [6.07, 6.45) is 3.80. The molecule has 0 fully saturated rings. The van der Waals surface area contributed by atoms with Crippen molar-refractivity contribution in [3.8, 4) is 0 Å². The maximum absolute atomic E-state index is 5.65. The normalized spacial score (nSPS) is 15.0. The number of nitrogens with zero attached hydrogens (tertiary/aromatic N) is 2. The predicted molar refractivity (Wildman–Crippen MR) is 63.7 cm³/mol. The smallest absolute Gasteiger partial charge is 0.0742 e. The van der Waals surface area contributed by atoms with Gasteiger partial charge in [0.15, 0.2) is 0 Å². The van der Waals surface area contributed by atoms with E-state index >= 15 is 0 Å². The predicted octanol–water partition coefficient (Wildman–Crippen LogP) is 0.610. The van der Waals surface area contributed by atoms with Crippen LogP contribution in [0.25, 0.3) is 0 Å². The standard InChI is InChI=1S/C11H22N4O/c1-4-11(16-5-2)10(13-12)8-9-6-7-15(3)14-9/h6-7,10-11,13H,4-5,8,12H2,1-3H3. The second-order valence-corrected chi connectivity index (χ2v) is 3.86. The number of aromatic nitrogens is 2. The van der Waals surface area contributed by atoms with Crippen molar-refractivity contribution in [3.63, 3.8) is 0 Å². The number of rotatable bonds is 7. The van der Waals surface area contributed by atoms with E-state index in [0.29, 0.717) is 6.61 Å².